The van der Waals surface area contributed by atoms with E-state index < -0.39 is 11.2 Å². The summed E-state index contributed by atoms with van der Waals surface area (Å²) in [6.07, 6.45) is 2.28. The van der Waals surface area contributed by atoms with Crippen LogP contribution in [-0.2, 0) is 10.2 Å². The van der Waals surface area contributed by atoms with Crippen molar-refractivity contribution in [3.05, 3.63) is 34.6 Å². The topological polar surface area (TPSA) is 17.1 Å². The number of rotatable bonds is 2. The van der Waals surface area contributed by atoms with E-state index in [1.807, 2.05) is 0 Å². The van der Waals surface area contributed by atoms with Crippen LogP contribution in [0.4, 0.5) is 4.39 Å². The smallest absolute Gasteiger partial charge is 0.145 e. The molecule has 0 radical (unpaired) electrons. The van der Waals surface area contributed by atoms with Crippen molar-refractivity contribution < 1.29 is 9.18 Å². The molecule has 13 heavy (non-hydrogen) atoms. The molecule has 3 heteroatoms. The SMILES string of the molecule is O=CC1(c2cccc(Cl)c2F)CC1. The summed E-state index contributed by atoms with van der Waals surface area (Å²) >= 11 is 5.61. The number of aldehydes is 1. The van der Waals surface area contributed by atoms with Crippen molar-refractivity contribution in [3.8, 4) is 0 Å². The second-order valence-electron chi connectivity index (χ2n) is 3.38. The normalized spacial score (nSPS) is 18.3. The van der Waals surface area contributed by atoms with Gasteiger partial charge in [-0.3, -0.25) is 0 Å². The third kappa shape index (κ3) is 1.25. The molecule has 1 fully saturated rings. The van der Waals surface area contributed by atoms with Crippen LogP contribution in [0.1, 0.15) is 18.4 Å². The maximum atomic E-state index is 13.4. The first-order valence-corrected chi connectivity index (χ1v) is 4.48. The third-order valence-corrected chi connectivity index (χ3v) is 2.79. The number of benzene rings is 1. The standard InChI is InChI=1S/C10H8ClFO/c11-8-3-1-2-7(9(8)12)10(6-13)4-5-10/h1-3,6H,4-5H2. The largest absolute Gasteiger partial charge is 0.302 e. The number of hydrogen-bond donors (Lipinski definition) is 0. The zero-order chi connectivity index (χ0) is 9.47. The lowest BCUT2D eigenvalue weighted by Crippen LogP contribution is -2.10. The van der Waals surface area contributed by atoms with E-state index >= 15 is 0 Å². The number of halogens is 2. The summed E-state index contributed by atoms with van der Waals surface area (Å²) in [5.74, 6) is -0.450. The van der Waals surface area contributed by atoms with E-state index in [1.165, 1.54) is 6.07 Å². The van der Waals surface area contributed by atoms with Crippen molar-refractivity contribution in [1.82, 2.24) is 0 Å². The molecule has 0 unspecified atom stereocenters. The Bertz CT molecular complexity index is 358. The highest BCUT2D eigenvalue weighted by Gasteiger charge is 2.46. The molecular formula is C10H8ClFO. The molecule has 68 valence electrons. The zero-order valence-corrected chi connectivity index (χ0v) is 7.64. The second-order valence-corrected chi connectivity index (χ2v) is 3.78. The van der Waals surface area contributed by atoms with Crippen LogP contribution in [0.5, 0.6) is 0 Å². The number of carbonyl (C=O) groups is 1. The Kier molecular flexibility index (Phi) is 1.88. The molecule has 1 aromatic rings. The van der Waals surface area contributed by atoms with Crippen LogP contribution >= 0.6 is 11.6 Å². The molecule has 1 aliphatic carbocycles. The van der Waals surface area contributed by atoms with Gasteiger partial charge in [-0.2, -0.15) is 0 Å². The van der Waals surface area contributed by atoms with Crippen LogP contribution in [0, 0.1) is 5.82 Å². The van der Waals surface area contributed by atoms with Gasteiger partial charge in [0.05, 0.1) is 10.4 Å². The fraction of sp³-hybridized carbons (Fsp3) is 0.300. The molecule has 2 rings (SSSR count). The van der Waals surface area contributed by atoms with E-state index in [4.69, 9.17) is 11.6 Å². The molecule has 0 bridgehead atoms. The van der Waals surface area contributed by atoms with Crippen molar-refractivity contribution in [2.75, 3.05) is 0 Å². The first-order valence-electron chi connectivity index (χ1n) is 4.10. The lowest BCUT2D eigenvalue weighted by molar-refractivity contribution is -0.109. The Morgan fingerprint density at radius 3 is 2.69 bits per heavy atom. The Balaban J connectivity index is 2.52. The summed E-state index contributed by atoms with van der Waals surface area (Å²) in [6.45, 7) is 0. The molecule has 0 aromatic heterocycles. The first kappa shape index (κ1) is 8.70. The van der Waals surface area contributed by atoms with Crippen LogP contribution in [0.3, 0.4) is 0 Å². The highest BCUT2D eigenvalue weighted by molar-refractivity contribution is 6.30. The second kappa shape index (κ2) is 2.81. The van der Waals surface area contributed by atoms with E-state index in [0.29, 0.717) is 5.56 Å². The van der Waals surface area contributed by atoms with Crippen molar-refractivity contribution in [1.29, 1.82) is 0 Å². The van der Waals surface area contributed by atoms with E-state index in [2.05, 4.69) is 0 Å². The molecular weight excluding hydrogens is 191 g/mol. The van der Waals surface area contributed by atoms with Crippen LogP contribution in [0.15, 0.2) is 18.2 Å². The number of hydrogen-bond acceptors (Lipinski definition) is 1. The molecule has 0 N–H and O–H groups in total. The fourth-order valence-electron chi connectivity index (χ4n) is 1.47. The molecule has 0 saturated heterocycles. The summed E-state index contributed by atoms with van der Waals surface area (Å²) in [6, 6.07) is 4.79. The highest BCUT2D eigenvalue weighted by Crippen LogP contribution is 2.47. The highest BCUT2D eigenvalue weighted by atomic mass is 35.5. The molecule has 1 aromatic carbocycles. The summed E-state index contributed by atoms with van der Waals surface area (Å²) in [5.41, 5.74) is -0.135. The summed E-state index contributed by atoms with van der Waals surface area (Å²) in [5, 5.41) is 0.0885. The average Bonchev–Trinajstić information content (AvgIpc) is 2.90. The third-order valence-electron chi connectivity index (χ3n) is 2.50. The van der Waals surface area contributed by atoms with Crippen LogP contribution in [-0.4, -0.2) is 6.29 Å². The molecule has 0 amide bonds. The zero-order valence-electron chi connectivity index (χ0n) is 6.89. The van der Waals surface area contributed by atoms with Gasteiger partial charge in [-0.25, -0.2) is 4.39 Å². The Morgan fingerprint density at radius 1 is 1.46 bits per heavy atom. The minimum Gasteiger partial charge on any atom is -0.302 e. The molecule has 1 aliphatic rings. The van der Waals surface area contributed by atoms with Gasteiger partial charge in [-0.15, -0.1) is 0 Å². The van der Waals surface area contributed by atoms with Gasteiger partial charge in [-0.05, 0) is 18.9 Å². The van der Waals surface area contributed by atoms with Crippen molar-refractivity contribution in [2.24, 2.45) is 0 Å². The molecule has 0 aliphatic heterocycles. The Labute approximate surface area is 80.5 Å². The van der Waals surface area contributed by atoms with Crippen molar-refractivity contribution >= 4 is 17.9 Å². The van der Waals surface area contributed by atoms with Gasteiger partial charge in [0.15, 0.2) is 0 Å². The van der Waals surface area contributed by atoms with Gasteiger partial charge in [0, 0.05) is 5.56 Å². The predicted molar refractivity (Wildman–Crippen MR) is 48.4 cm³/mol. The first-order chi connectivity index (χ1) is 6.19. The van der Waals surface area contributed by atoms with Gasteiger partial charge in [0.1, 0.15) is 12.1 Å². The summed E-state index contributed by atoms with van der Waals surface area (Å²) in [4.78, 5) is 10.7. The van der Waals surface area contributed by atoms with Gasteiger partial charge >= 0.3 is 0 Å². The quantitative estimate of drug-likeness (QED) is 0.668. The Morgan fingerprint density at radius 2 is 2.15 bits per heavy atom. The maximum absolute atomic E-state index is 13.4. The summed E-state index contributed by atoms with van der Waals surface area (Å²) < 4.78 is 13.4. The Hall–Kier alpha value is -0.890. The minimum absolute atomic E-state index is 0.0885. The fourth-order valence-corrected chi connectivity index (χ4v) is 1.65. The van der Waals surface area contributed by atoms with Crippen molar-refractivity contribution in [2.45, 2.75) is 18.3 Å². The van der Waals surface area contributed by atoms with Gasteiger partial charge in [0.2, 0.25) is 0 Å². The lowest BCUT2D eigenvalue weighted by atomic mass is 9.97. The average molecular weight is 199 g/mol. The van der Waals surface area contributed by atoms with Gasteiger partial charge in [-0.1, -0.05) is 23.7 Å². The van der Waals surface area contributed by atoms with E-state index in [-0.39, 0.29) is 5.02 Å². The minimum atomic E-state index is -0.574. The monoisotopic (exact) mass is 198 g/mol. The van der Waals surface area contributed by atoms with Crippen LogP contribution < -0.4 is 0 Å². The predicted octanol–water partition coefficient (Wildman–Crippen LogP) is 2.71. The molecule has 0 atom stereocenters. The van der Waals surface area contributed by atoms with E-state index in [0.717, 1.165) is 19.1 Å². The molecule has 0 heterocycles. The summed E-state index contributed by atoms with van der Waals surface area (Å²) in [7, 11) is 0. The molecule has 1 nitrogen and oxygen atoms in total. The molecule has 0 spiro atoms. The number of carbonyl (C=O) groups excluding carboxylic acids is 1. The molecule has 1 saturated carbocycles. The van der Waals surface area contributed by atoms with E-state index in [1.54, 1.807) is 12.1 Å². The van der Waals surface area contributed by atoms with Crippen LogP contribution in [0.25, 0.3) is 0 Å². The van der Waals surface area contributed by atoms with E-state index in [9.17, 15) is 9.18 Å². The lowest BCUT2D eigenvalue weighted by Gasteiger charge is -2.08. The van der Waals surface area contributed by atoms with Crippen LogP contribution in [0.2, 0.25) is 5.02 Å². The van der Waals surface area contributed by atoms with Crippen molar-refractivity contribution in [3.63, 3.8) is 0 Å². The van der Waals surface area contributed by atoms with Gasteiger partial charge in [0.25, 0.3) is 0 Å². The maximum Gasteiger partial charge on any atom is 0.145 e. The van der Waals surface area contributed by atoms with Gasteiger partial charge < -0.3 is 4.79 Å².